The fraction of sp³-hybridized carbons (Fsp3) is 0. The second-order valence-electron chi connectivity index (χ2n) is 14.1. The van der Waals surface area contributed by atoms with Gasteiger partial charge in [-0.1, -0.05) is 140 Å². The van der Waals surface area contributed by atoms with Gasteiger partial charge in [0, 0.05) is 37.7 Å². The third kappa shape index (κ3) is 4.08. The van der Waals surface area contributed by atoms with Crippen molar-refractivity contribution in [1.29, 1.82) is 0 Å². The number of benzene rings is 9. The van der Waals surface area contributed by atoms with Crippen molar-refractivity contribution >= 4 is 87.0 Å². The van der Waals surface area contributed by atoms with E-state index in [0.717, 1.165) is 61.0 Å². The summed E-state index contributed by atoms with van der Waals surface area (Å²) in [7, 11) is 0. The molecule has 4 heteroatoms. The second-order valence-corrected chi connectivity index (χ2v) is 14.1. The predicted octanol–water partition coefficient (Wildman–Crippen LogP) is 12.6. The molecule has 0 N–H and O–H groups in total. The minimum atomic E-state index is 0.827. The van der Waals surface area contributed by atoms with Crippen LogP contribution in [0.5, 0.6) is 0 Å². The van der Waals surface area contributed by atoms with Crippen LogP contribution in [-0.4, -0.2) is 9.55 Å². The van der Waals surface area contributed by atoms with Crippen molar-refractivity contribution in [2.45, 2.75) is 0 Å². The number of aromatic nitrogens is 3. The molecule has 9 aromatic carbocycles. The van der Waals surface area contributed by atoms with E-state index in [-0.39, 0.29) is 0 Å². The standard InChI is InChI=1S/C50H30N3O/c1-5-17-35-31(12-1)16-11-22-43(35)52-30-34-15-4-9-21-42(34)51-50(52)41-28-29-44(49-46(41)40-20-8-10-23-45(40)54-49)53-47-36-18-6-2-13-32(36)24-26-38(47)39-27-25-33-14-3-7-19-37(33)48(39)53/h1-30H/q+1. The summed E-state index contributed by atoms with van der Waals surface area (Å²) < 4.78 is 11.8. The van der Waals surface area contributed by atoms with Crippen molar-refractivity contribution in [2.24, 2.45) is 0 Å². The maximum Gasteiger partial charge on any atom is 0.336 e. The number of rotatable bonds is 3. The van der Waals surface area contributed by atoms with Crippen LogP contribution in [0.15, 0.2) is 187 Å². The zero-order valence-electron chi connectivity index (χ0n) is 29.1. The van der Waals surface area contributed by atoms with Crippen LogP contribution in [0.3, 0.4) is 0 Å². The third-order valence-electron chi connectivity index (χ3n) is 11.2. The summed E-state index contributed by atoms with van der Waals surface area (Å²) >= 11 is 0. The van der Waals surface area contributed by atoms with Crippen LogP contribution in [0.4, 0.5) is 0 Å². The lowest BCUT2D eigenvalue weighted by atomic mass is 10.0. The average molecular weight is 689 g/mol. The van der Waals surface area contributed by atoms with Gasteiger partial charge in [-0.25, -0.2) is 0 Å². The monoisotopic (exact) mass is 688 g/mol. The Morgan fingerprint density at radius 2 is 1.02 bits per heavy atom. The minimum Gasteiger partial charge on any atom is -0.454 e. The fourth-order valence-electron chi connectivity index (χ4n) is 8.82. The molecule has 3 aromatic heterocycles. The maximum atomic E-state index is 7.04. The van der Waals surface area contributed by atoms with Crippen molar-refractivity contribution in [1.82, 2.24) is 9.55 Å². The highest BCUT2D eigenvalue weighted by Gasteiger charge is 2.28. The molecule has 4 nitrogen and oxygen atoms in total. The van der Waals surface area contributed by atoms with E-state index in [1.165, 1.54) is 48.7 Å². The summed E-state index contributed by atoms with van der Waals surface area (Å²) in [6, 6.07) is 62.8. The third-order valence-corrected chi connectivity index (χ3v) is 11.2. The van der Waals surface area contributed by atoms with Gasteiger partial charge >= 0.3 is 5.82 Å². The highest BCUT2D eigenvalue weighted by atomic mass is 16.3. The largest absolute Gasteiger partial charge is 0.454 e. The molecule has 54 heavy (non-hydrogen) atoms. The van der Waals surface area contributed by atoms with Crippen LogP contribution in [-0.2, 0) is 0 Å². The van der Waals surface area contributed by atoms with Crippen LogP contribution in [0, 0.1) is 0 Å². The van der Waals surface area contributed by atoms with Crippen molar-refractivity contribution in [3.05, 3.63) is 182 Å². The fourth-order valence-corrected chi connectivity index (χ4v) is 8.82. The molecular formula is C50H30N3O+. The Labute approximate surface area is 309 Å². The molecule has 250 valence electrons. The molecule has 0 atom stereocenters. The SMILES string of the molecule is c1ccc2nc(-c3ccc(-n4c5c6ccccc6ccc5c5ccc6ccccc6c54)c4oc5ccccc5c34)[n+](-c3cccc4ccccc34)cc2c1. The number of hydrogen-bond donors (Lipinski definition) is 0. The molecule has 0 aliphatic heterocycles. The number of para-hydroxylation sites is 2. The summed E-state index contributed by atoms with van der Waals surface area (Å²) in [5.74, 6) is 0.853. The highest BCUT2D eigenvalue weighted by molar-refractivity contribution is 6.25. The Morgan fingerprint density at radius 3 is 1.74 bits per heavy atom. The number of nitrogens with zero attached hydrogens (tertiary/aromatic N) is 3. The summed E-state index contributed by atoms with van der Waals surface area (Å²) in [5.41, 5.74) is 8.03. The Balaban J connectivity index is 1.26. The van der Waals surface area contributed by atoms with Crippen LogP contribution in [0.2, 0.25) is 0 Å². The van der Waals surface area contributed by atoms with Gasteiger partial charge in [0.15, 0.2) is 11.1 Å². The van der Waals surface area contributed by atoms with E-state index in [1.807, 2.05) is 0 Å². The first kappa shape index (κ1) is 29.3. The average Bonchev–Trinajstić information content (AvgIpc) is 3.80. The molecule has 0 bridgehead atoms. The molecule has 0 aliphatic rings. The molecule has 0 saturated heterocycles. The number of fused-ring (bicyclic) bond motifs is 12. The molecule has 0 saturated carbocycles. The van der Waals surface area contributed by atoms with Gasteiger partial charge in [0.05, 0.1) is 27.7 Å². The molecule has 0 radical (unpaired) electrons. The molecule has 0 spiro atoms. The van der Waals surface area contributed by atoms with Gasteiger partial charge < -0.3 is 8.98 Å². The highest BCUT2D eigenvalue weighted by Crippen LogP contribution is 2.44. The van der Waals surface area contributed by atoms with Gasteiger partial charge in [-0.3, -0.25) is 0 Å². The van der Waals surface area contributed by atoms with Crippen LogP contribution < -0.4 is 4.57 Å². The Morgan fingerprint density at radius 1 is 0.444 bits per heavy atom. The quantitative estimate of drug-likeness (QED) is 0.173. The molecule has 12 aromatic rings. The first-order valence-electron chi connectivity index (χ1n) is 18.4. The van der Waals surface area contributed by atoms with Gasteiger partial charge in [0.2, 0.25) is 0 Å². The van der Waals surface area contributed by atoms with E-state index in [0.29, 0.717) is 0 Å². The van der Waals surface area contributed by atoms with Gasteiger partial charge in [-0.2, -0.15) is 4.57 Å². The van der Waals surface area contributed by atoms with E-state index < -0.39 is 0 Å². The lowest BCUT2D eigenvalue weighted by Gasteiger charge is -2.14. The zero-order chi connectivity index (χ0) is 35.3. The molecule has 0 fully saturated rings. The Kier molecular flexibility index (Phi) is 6.02. The van der Waals surface area contributed by atoms with Gasteiger partial charge in [-0.05, 0) is 57.5 Å². The topological polar surface area (TPSA) is 34.8 Å². The molecular weight excluding hydrogens is 659 g/mol. The summed E-state index contributed by atoms with van der Waals surface area (Å²) in [6.07, 6.45) is 2.23. The van der Waals surface area contributed by atoms with Crippen molar-refractivity contribution < 1.29 is 8.98 Å². The zero-order valence-corrected chi connectivity index (χ0v) is 29.1. The van der Waals surface area contributed by atoms with Crippen LogP contribution in [0.1, 0.15) is 0 Å². The molecule has 0 unspecified atom stereocenters. The van der Waals surface area contributed by atoms with Crippen LogP contribution >= 0.6 is 0 Å². The normalized spacial score (nSPS) is 12.1. The van der Waals surface area contributed by atoms with E-state index >= 15 is 0 Å². The summed E-state index contributed by atoms with van der Waals surface area (Å²) in [5, 5.41) is 12.7. The predicted molar refractivity (Wildman–Crippen MR) is 223 cm³/mol. The Hall–Kier alpha value is -7.30. The lowest BCUT2D eigenvalue weighted by molar-refractivity contribution is -0.583. The van der Waals surface area contributed by atoms with E-state index in [2.05, 4.69) is 191 Å². The van der Waals surface area contributed by atoms with Crippen molar-refractivity contribution in [2.75, 3.05) is 0 Å². The van der Waals surface area contributed by atoms with Crippen molar-refractivity contribution in [3.63, 3.8) is 0 Å². The van der Waals surface area contributed by atoms with Gasteiger partial charge in [-0.15, -0.1) is 0 Å². The maximum absolute atomic E-state index is 7.04. The van der Waals surface area contributed by atoms with Gasteiger partial charge in [0.25, 0.3) is 0 Å². The van der Waals surface area contributed by atoms with Gasteiger partial charge in [0.1, 0.15) is 17.5 Å². The number of hydrogen-bond acceptors (Lipinski definition) is 2. The second kappa shape index (κ2) is 11.1. The van der Waals surface area contributed by atoms with E-state index in [4.69, 9.17) is 9.40 Å². The molecule has 3 heterocycles. The molecule has 0 aliphatic carbocycles. The van der Waals surface area contributed by atoms with Crippen LogP contribution in [0.25, 0.3) is 110 Å². The molecule has 0 amide bonds. The first-order valence-corrected chi connectivity index (χ1v) is 18.4. The first-order chi connectivity index (χ1) is 26.8. The summed E-state index contributed by atoms with van der Waals surface area (Å²) in [6.45, 7) is 0. The molecule has 12 rings (SSSR count). The summed E-state index contributed by atoms with van der Waals surface area (Å²) in [4.78, 5) is 5.45. The van der Waals surface area contributed by atoms with E-state index in [9.17, 15) is 0 Å². The lowest BCUT2D eigenvalue weighted by Crippen LogP contribution is -2.34. The minimum absolute atomic E-state index is 0.827. The number of furan rings is 1. The van der Waals surface area contributed by atoms with Crippen molar-refractivity contribution in [3.8, 4) is 22.8 Å². The van der Waals surface area contributed by atoms with E-state index in [1.54, 1.807) is 0 Å². The smallest absolute Gasteiger partial charge is 0.336 e. The Bertz CT molecular complexity index is 3420.